The summed E-state index contributed by atoms with van der Waals surface area (Å²) in [5, 5.41) is 8.22. The topological polar surface area (TPSA) is 29.9 Å². The number of aromatic nitrogens is 2. The van der Waals surface area contributed by atoms with E-state index in [9.17, 15) is 0 Å². The van der Waals surface area contributed by atoms with Crippen LogP contribution in [0.1, 0.15) is 18.5 Å². The molecule has 0 saturated heterocycles. The second-order valence-corrected chi connectivity index (χ2v) is 5.26. The third kappa shape index (κ3) is 3.01. The van der Waals surface area contributed by atoms with Gasteiger partial charge >= 0.3 is 0 Å². The number of hydrogen-bond acceptors (Lipinski definition) is 2. The Hall–Kier alpha value is -1.00. The molecular weight excluding hydrogens is 302 g/mol. The minimum absolute atomic E-state index is 0.169. The van der Waals surface area contributed by atoms with Crippen LogP contribution in [0.3, 0.4) is 0 Å². The van der Waals surface area contributed by atoms with E-state index < -0.39 is 0 Å². The molecule has 17 heavy (non-hydrogen) atoms. The third-order valence-corrected chi connectivity index (χ3v) is 3.33. The zero-order valence-electron chi connectivity index (χ0n) is 9.61. The van der Waals surface area contributed by atoms with Crippen LogP contribution in [0.2, 0.25) is 5.02 Å². The summed E-state index contributed by atoms with van der Waals surface area (Å²) in [5.74, 6) is 0. The van der Waals surface area contributed by atoms with Crippen molar-refractivity contribution in [2.45, 2.75) is 13.0 Å². The van der Waals surface area contributed by atoms with E-state index in [1.54, 1.807) is 4.68 Å². The van der Waals surface area contributed by atoms with Crippen molar-refractivity contribution in [3.63, 3.8) is 0 Å². The van der Waals surface area contributed by atoms with Crippen molar-refractivity contribution in [2.75, 3.05) is 5.32 Å². The number of hydrogen-bond donors (Lipinski definition) is 1. The van der Waals surface area contributed by atoms with E-state index in [1.807, 2.05) is 37.6 Å². The van der Waals surface area contributed by atoms with E-state index in [2.05, 4.69) is 33.3 Å². The minimum Gasteiger partial charge on any atom is -0.377 e. The lowest BCUT2D eigenvalue weighted by atomic mass is 10.2. The molecular formula is C12H13BrClN3. The van der Waals surface area contributed by atoms with Crippen molar-refractivity contribution in [1.82, 2.24) is 9.78 Å². The van der Waals surface area contributed by atoms with Crippen LogP contribution in [0.25, 0.3) is 0 Å². The van der Waals surface area contributed by atoms with Gasteiger partial charge in [0.15, 0.2) is 0 Å². The maximum Gasteiger partial charge on any atom is 0.0648 e. The summed E-state index contributed by atoms with van der Waals surface area (Å²) < 4.78 is 2.76. The Morgan fingerprint density at radius 3 is 2.82 bits per heavy atom. The fourth-order valence-electron chi connectivity index (χ4n) is 1.59. The predicted octanol–water partition coefficient (Wildman–Crippen LogP) is 4.01. The average molecular weight is 315 g/mol. The number of halogens is 2. The zero-order chi connectivity index (χ0) is 12.4. The van der Waals surface area contributed by atoms with Gasteiger partial charge in [-0.15, -0.1) is 0 Å². The Labute approximate surface area is 114 Å². The molecule has 3 nitrogen and oxygen atoms in total. The van der Waals surface area contributed by atoms with E-state index in [0.29, 0.717) is 5.02 Å². The standard InChI is InChI=1S/C12H13BrClN3/c1-8(9-6-15-17(2)7-9)16-12-4-3-10(13)5-11(12)14/h3-8,16H,1-2H3. The highest BCUT2D eigenvalue weighted by Gasteiger charge is 2.09. The van der Waals surface area contributed by atoms with Crippen LogP contribution in [0, 0.1) is 0 Å². The van der Waals surface area contributed by atoms with Gasteiger partial charge in [0.25, 0.3) is 0 Å². The second kappa shape index (κ2) is 5.10. The highest BCUT2D eigenvalue weighted by molar-refractivity contribution is 9.10. The Balaban J connectivity index is 2.15. The monoisotopic (exact) mass is 313 g/mol. The molecule has 0 aliphatic rings. The summed E-state index contributed by atoms with van der Waals surface area (Å²) in [4.78, 5) is 0. The van der Waals surface area contributed by atoms with Crippen molar-refractivity contribution >= 4 is 33.2 Å². The largest absolute Gasteiger partial charge is 0.377 e. The van der Waals surface area contributed by atoms with Gasteiger partial charge in [0.2, 0.25) is 0 Å². The summed E-state index contributed by atoms with van der Waals surface area (Å²) >= 11 is 9.54. The molecule has 5 heteroatoms. The molecule has 1 heterocycles. The molecule has 1 N–H and O–H groups in total. The summed E-state index contributed by atoms with van der Waals surface area (Å²) in [7, 11) is 1.91. The molecule has 1 aromatic heterocycles. The van der Waals surface area contributed by atoms with Gasteiger partial charge in [-0.2, -0.15) is 5.10 Å². The molecule has 0 bridgehead atoms. The number of anilines is 1. The number of nitrogens with one attached hydrogen (secondary N) is 1. The van der Waals surface area contributed by atoms with Gasteiger partial charge in [-0.25, -0.2) is 0 Å². The quantitative estimate of drug-likeness (QED) is 0.927. The molecule has 0 fully saturated rings. The molecule has 90 valence electrons. The van der Waals surface area contributed by atoms with Crippen LogP contribution in [0.15, 0.2) is 35.1 Å². The summed E-state index contributed by atoms with van der Waals surface area (Å²) in [5.41, 5.74) is 2.05. The van der Waals surface area contributed by atoms with Crippen LogP contribution in [-0.4, -0.2) is 9.78 Å². The zero-order valence-corrected chi connectivity index (χ0v) is 12.0. The molecule has 2 rings (SSSR count). The first kappa shape index (κ1) is 12.5. The van der Waals surface area contributed by atoms with E-state index >= 15 is 0 Å². The Morgan fingerprint density at radius 1 is 1.47 bits per heavy atom. The summed E-state index contributed by atoms with van der Waals surface area (Å²) in [6.07, 6.45) is 3.84. The fourth-order valence-corrected chi connectivity index (χ4v) is 2.31. The number of benzene rings is 1. The molecule has 0 aliphatic heterocycles. The van der Waals surface area contributed by atoms with Gasteiger partial charge < -0.3 is 5.32 Å². The molecule has 0 aliphatic carbocycles. The van der Waals surface area contributed by atoms with Crippen LogP contribution >= 0.6 is 27.5 Å². The molecule has 0 spiro atoms. The predicted molar refractivity (Wildman–Crippen MR) is 74.4 cm³/mol. The third-order valence-electron chi connectivity index (χ3n) is 2.53. The summed E-state index contributed by atoms with van der Waals surface area (Å²) in [6, 6.07) is 5.96. The average Bonchev–Trinajstić information content (AvgIpc) is 2.69. The summed E-state index contributed by atoms with van der Waals surface area (Å²) in [6.45, 7) is 2.08. The Morgan fingerprint density at radius 2 is 2.24 bits per heavy atom. The van der Waals surface area contributed by atoms with E-state index in [0.717, 1.165) is 15.7 Å². The van der Waals surface area contributed by atoms with Crippen LogP contribution in [0.5, 0.6) is 0 Å². The number of rotatable bonds is 3. The Bertz CT molecular complexity index is 524. The first-order chi connectivity index (χ1) is 8.06. The van der Waals surface area contributed by atoms with E-state index in [4.69, 9.17) is 11.6 Å². The van der Waals surface area contributed by atoms with Gasteiger partial charge in [-0.05, 0) is 25.1 Å². The SMILES string of the molecule is CC(Nc1ccc(Br)cc1Cl)c1cnn(C)c1. The lowest BCUT2D eigenvalue weighted by molar-refractivity contribution is 0.765. The maximum absolute atomic E-state index is 6.15. The first-order valence-electron chi connectivity index (χ1n) is 5.26. The van der Waals surface area contributed by atoms with Crippen molar-refractivity contribution in [3.8, 4) is 0 Å². The molecule has 1 aromatic carbocycles. The Kier molecular flexibility index (Phi) is 3.74. The highest BCUT2D eigenvalue weighted by atomic mass is 79.9. The van der Waals surface area contributed by atoms with Gasteiger partial charge in [0, 0.05) is 23.3 Å². The molecule has 2 aromatic rings. The smallest absolute Gasteiger partial charge is 0.0648 e. The second-order valence-electron chi connectivity index (χ2n) is 3.94. The van der Waals surface area contributed by atoms with Crippen LogP contribution in [-0.2, 0) is 7.05 Å². The maximum atomic E-state index is 6.15. The van der Waals surface area contributed by atoms with Gasteiger partial charge in [-0.3, -0.25) is 4.68 Å². The van der Waals surface area contributed by atoms with Crippen LogP contribution < -0.4 is 5.32 Å². The first-order valence-corrected chi connectivity index (χ1v) is 6.43. The highest BCUT2D eigenvalue weighted by Crippen LogP contribution is 2.28. The van der Waals surface area contributed by atoms with E-state index in [-0.39, 0.29) is 6.04 Å². The van der Waals surface area contributed by atoms with E-state index in [1.165, 1.54) is 0 Å². The fraction of sp³-hybridized carbons (Fsp3) is 0.250. The molecule has 1 atom stereocenters. The molecule has 0 amide bonds. The van der Waals surface area contributed by atoms with Crippen LogP contribution in [0.4, 0.5) is 5.69 Å². The van der Waals surface area contributed by atoms with Crippen molar-refractivity contribution < 1.29 is 0 Å². The molecule has 0 saturated carbocycles. The van der Waals surface area contributed by atoms with Crippen molar-refractivity contribution in [2.24, 2.45) is 7.05 Å². The molecule has 1 unspecified atom stereocenters. The number of nitrogens with zero attached hydrogens (tertiary/aromatic N) is 2. The van der Waals surface area contributed by atoms with Gasteiger partial charge in [-0.1, -0.05) is 27.5 Å². The lowest BCUT2D eigenvalue weighted by Gasteiger charge is -2.15. The van der Waals surface area contributed by atoms with Crippen molar-refractivity contribution in [1.29, 1.82) is 0 Å². The normalized spacial score (nSPS) is 12.5. The minimum atomic E-state index is 0.169. The number of aryl methyl sites for hydroxylation is 1. The van der Waals surface area contributed by atoms with Gasteiger partial charge in [0.05, 0.1) is 22.9 Å². The lowest BCUT2D eigenvalue weighted by Crippen LogP contribution is -2.06. The molecule has 0 radical (unpaired) electrons. The van der Waals surface area contributed by atoms with Gasteiger partial charge in [0.1, 0.15) is 0 Å². The van der Waals surface area contributed by atoms with Crippen molar-refractivity contribution in [3.05, 3.63) is 45.7 Å².